The van der Waals surface area contributed by atoms with Gasteiger partial charge in [-0.25, -0.2) is 0 Å². The summed E-state index contributed by atoms with van der Waals surface area (Å²) in [6.07, 6.45) is 7.69. The third-order valence-electron chi connectivity index (χ3n) is 2.93. The highest BCUT2D eigenvalue weighted by molar-refractivity contribution is 5.44. The third-order valence-corrected chi connectivity index (χ3v) is 2.93. The molecule has 1 rings (SSSR count). The fraction of sp³-hybridized carbons (Fsp3) is 0.588. The first-order valence-corrected chi connectivity index (χ1v) is 7.54. The Morgan fingerprint density at radius 1 is 0.947 bits per heavy atom. The molecule has 0 saturated heterocycles. The van der Waals surface area contributed by atoms with Gasteiger partial charge in [0.2, 0.25) is 0 Å². The lowest BCUT2D eigenvalue weighted by atomic mass is 10.1. The quantitative estimate of drug-likeness (QED) is 0.553. The molecule has 2 nitrogen and oxygen atoms in total. The van der Waals surface area contributed by atoms with Crippen LogP contribution in [0.4, 0.5) is 0 Å². The van der Waals surface area contributed by atoms with E-state index in [1.807, 2.05) is 12.1 Å². The van der Waals surface area contributed by atoms with E-state index >= 15 is 0 Å². The minimum Gasteiger partial charge on any atom is -0.493 e. The topological polar surface area (TPSA) is 18.5 Å². The molecule has 0 bridgehead atoms. The highest BCUT2D eigenvalue weighted by Gasteiger charge is 2.06. The molecule has 1 aromatic carbocycles. The van der Waals surface area contributed by atoms with Gasteiger partial charge in [0.25, 0.3) is 0 Å². The predicted molar refractivity (Wildman–Crippen MR) is 80.9 cm³/mol. The lowest BCUT2D eigenvalue weighted by Gasteiger charge is -2.13. The SMILES string of the molecule is CC[CH]c1ccc(OCCCC)cc1OCCCC. The second-order valence-corrected chi connectivity index (χ2v) is 4.72. The van der Waals surface area contributed by atoms with E-state index in [0.717, 1.165) is 56.8 Å². The molecule has 19 heavy (non-hydrogen) atoms. The van der Waals surface area contributed by atoms with Gasteiger partial charge in [0.15, 0.2) is 0 Å². The number of hydrogen-bond donors (Lipinski definition) is 0. The Hall–Kier alpha value is -1.18. The second-order valence-electron chi connectivity index (χ2n) is 4.72. The number of ether oxygens (including phenoxy) is 2. The number of benzene rings is 1. The molecule has 0 aliphatic carbocycles. The number of unbranched alkanes of at least 4 members (excludes halogenated alkanes) is 2. The molecule has 0 amide bonds. The van der Waals surface area contributed by atoms with E-state index < -0.39 is 0 Å². The fourth-order valence-electron chi connectivity index (χ4n) is 1.78. The van der Waals surface area contributed by atoms with Gasteiger partial charge in [-0.1, -0.05) is 39.7 Å². The van der Waals surface area contributed by atoms with Crippen molar-refractivity contribution in [3.63, 3.8) is 0 Å². The number of hydrogen-bond acceptors (Lipinski definition) is 2. The van der Waals surface area contributed by atoms with Crippen molar-refractivity contribution in [1.82, 2.24) is 0 Å². The summed E-state index contributed by atoms with van der Waals surface area (Å²) >= 11 is 0. The van der Waals surface area contributed by atoms with Crippen LogP contribution in [0.3, 0.4) is 0 Å². The molecule has 0 N–H and O–H groups in total. The zero-order valence-corrected chi connectivity index (χ0v) is 12.6. The summed E-state index contributed by atoms with van der Waals surface area (Å²) in [4.78, 5) is 0. The molecule has 0 heterocycles. The van der Waals surface area contributed by atoms with Crippen LogP contribution in [0.5, 0.6) is 11.5 Å². The summed E-state index contributed by atoms with van der Waals surface area (Å²) < 4.78 is 11.6. The Labute approximate surface area is 118 Å². The van der Waals surface area contributed by atoms with Gasteiger partial charge in [0.1, 0.15) is 11.5 Å². The first-order chi connectivity index (χ1) is 9.31. The molecule has 0 fully saturated rings. The predicted octanol–water partition coefficient (Wildman–Crippen LogP) is 5.01. The Kier molecular flexibility index (Phi) is 8.11. The third kappa shape index (κ3) is 6.00. The van der Waals surface area contributed by atoms with Crippen LogP contribution in [-0.2, 0) is 0 Å². The van der Waals surface area contributed by atoms with Crippen LogP contribution in [0, 0.1) is 6.42 Å². The summed E-state index contributed by atoms with van der Waals surface area (Å²) in [5.74, 6) is 1.86. The first kappa shape index (κ1) is 15.9. The van der Waals surface area contributed by atoms with E-state index in [9.17, 15) is 0 Å². The van der Waals surface area contributed by atoms with Crippen molar-refractivity contribution in [3.8, 4) is 11.5 Å². The Morgan fingerprint density at radius 3 is 2.26 bits per heavy atom. The lowest BCUT2D eigenvalue weighted by Crippen LogP contribution is -2.01. The fourth-order valence-corrected chi connectivity index (χ4v) is 1.78. The standard InChI is InChI=1S/C17H27O2/c1-4-7-12-18-16-11-10-15(9-6-3)17(14-16)19-13-8-5-2/h9-11,14H,4-8,12-13H2,1-3H3. The van der Waals surface area contributed by atoms with E-state index in [4.69, 9.17) is 9.47 Å². The van der Waals surface area contributed by atoms with Crippen molar-refractivity contribution in [2.45, 2.75) is 52.9 Å². The number of rotatable bonds is 10. The van der Waals surface area contributed by atoms with Crippen molar-refractivity contribution < 1.29 is 9.47 Å². The van der Waals surface area contributed by atoms with Crippen LogP contribution in [0.1, 0.15) is 58.4 Å². The molecule has 1 aromatic rings. The summed E-state index contributed by atoms with van der Waals surface area (Å²) in [6, 6.07) is 6.14. The summed E-state index contributed by atoms with van der Waals surface area (Å²) in [5, 5.41) is 0. The second kappa shape index (κ2) is 9.71. The highest BCUT2D eigenvalue weighted by Crippen LogP contribution is 2.27. The van der Waals surface area contributed by atoms with Crippen LogP contribution in [0.15, 0.2) is 18.2 Å². The van der Waals surface area contributed by atoms with Crippen molar-refractivity contribution >= 4 is 0 Å². The van der Waals surface area contributed by atoms with Gasteiger partial charge >= 0.3 is 0 Å². The molecule has 0 aliphatic heterocycles. The minimum absolute atomic E-state index is 0.777. The van der Waals surface area contributed by atoms with E-state index in [1.165, 1.54) is 5.56 Å². The minimum atomic E-state index is 0.777. The first-order valence-electron chi connectivity index (χ1n) is 7.54. The van der Waals surface area contributed by atoms with Crippen LogP contribution >= 0.6 is 0 Å². The highest BCUT2D eigenvalue weighted by atomic mass is 16.5. The molecule has 0 atom stereocenters. The van der Waals surface area contributed by atoms with Gasteiger partial charge in [-0.2, -0.15) is 0 Å². The van der Waals surface area contributed by atoms with Crippen LogP contribution < -0.4 is 9.47 Å². The van der Waals surface area contributed by atoms with Crippen LogP contribution in [-0.4, -0.2) is 13.2 Å². The van der Waals surface area contributed by atoms with Crippen molar-refractivity contribution in [2.24, 2.45) is 0 Å². The monoisotopic (exact) mass is 263 g/mol. The summed E-state index contributed by atoms with van der Waals surface area (Å²) in [6.45, 7) is 8.04. The molecular weight excluding hydrogens is 236 g/mol. The molecule has 2 heteroatoms. The van der Waals surface area contributed by atoms with E-state index in [1.54, 1.807) is 0 Å². The van der Waals surface area contributed by atoms with E-state index in [0.29, 0.717) is 0 Å². The molecule has 0 saturated carbocycles. The van der Waals surface area contributed by atoms with E-state index in [2.05, 4.69) is 33.3 Å². The van der Waals surface area contributed by atoms with Gasteiger partial charge < -0.3 is 9.47 Å². The van der Waals surface area contributed by atoms with Gasteiger partial charge in [-0.3, -0.25) is 0 Å². The van der Waals surface area contributed by atoms with Crippen molar-refractivity contribution in [2.75, 3.05) is 13.2 Å². The van der Waals surface area contributed by atoms with Gasteiger partial charge in [0, 0.05) is 6.07 Å². The molecule has 107 valence electrons. The largest absolute Gasteiger partial charge is 0.493 e. The average Bonchev–Trinajstić information content (AvgIpc) is 2.42. The van der Waals surface area contributed by atoms with Crippen molar-refractivity contribution in [1.29, 1.82) is 0 Å². The zero-order chi connectivity index (χ0) is 13.9. The molecule has 0 aromatic heterocycles. The summed E-state index contributed by atoms with van der Waals surface area (Å²) in [7, 11) is 0. The van der Waals surface area contributed by atoms with E-state index in [-0.39, 0.29) is 0 Å². The Balaban J connectivity index is 2.66. The van der Waals surface area contributed by atoms with Gasteiger partial charge in [0.05, 0.1) is 13.2 Å². The summed E-state index contributed by atoms with van der Waals surface area (Å²) in [5.41, 5.74) is 1.17. The maximum Gasteiger partial charge on any atom is 0.126 e. The Morgan fingerprint density at radius 2 is 1.63 bits per heavy atom. The Bertz CT molecular complexity index is 347. The van der Waals surface area contributed by atoms with Crippen molar-refractivity contribution in [3.05, 3.63) is 30.2 Å². The van der Waals surface area contributed by atoms with Crippen LogP contribution in [0.2, 0.25) is 0 Å². The lowest BCUT2D eigenvalue weighted by molar-refractivity contribution is 0.293. The molecular formula is C17H27O2. The average molecular weight is 263 g/mol. The molecule has 0 unspecified atom stereocenters. The van der Waals surface area contributed by atoms with Gasteiger partial charge in [-0.05, 0) is 37.3 Å². The maximum atomic E-state index is 5.87. The smallest absolute Gasteiger partial charge is 0.126 e. The maximum absolute atomic E-state index is 5.87. The van der Waals surface area contributed by atoms with Crippen LogP contribution in [0.25, 0.3) is 0 Å². The molecule has 0 spiro atoms. The molecule has 0 aliphatic rings. The zero-order valence-electron chi connectivity index (χ0n) is 12.6. The van der Waals surface area contributed by atoms with Gasteiger partial charge in [-0.15, -0.1) is 0 Å². The normalized spacial score (nSPS) is 10.5. The molecule has 1 radical (unpaired) electrons.